The summed E-state index contributed by atoms with van der Waals surface area (Å²) in [6.07, 6.45) is 8.61. The maximum Gasteiger partial charge on any atom is 0.152 e. The normalized spacial score (nSPS) is 19.3. The number of aliphatic hydroxyl groups is 1. The van der Waals surface area contributed by atoms with Gasteiger partial charge in [0, 0.05) is 28.9 Å². The fourth-order valence-corrected chi connectivity index (χ4v) is 5.47. The summed E-state index contributed by atoms with van der Waals surface area (Å²) in [5.74, 6) is 1.19. The number of aromatic nitrogens is 4. The molecule has 1 aromatic carbocycles. The van der Waals surface area contributed by atoms with E-state index in [9.17, 15) is 5.11 Å². The number of rotatable bonds is 5. The molecular formula is C23H23N5OS. The molecule has 0 aliphatic heterocycles. The minimum atomic E-state index is -0.0895. The van der Waals surface area contributed by atoms with Crippen LogP contribution in [0.15, 0.2) is 53.7 Å². The van der Waals surface area contributed by atoms with E-state index in [-0.39, 0.29) is 6.61 Å². The van der Waals surface area contributed by atoms with Crippen LogP contribution in [0.5, 0.6) is 0 Å². The predicted molar refractivity (Wildman–Crippen MR) is 118 cm³/mol. The van der Waals surface area contributed by atoms with Crippen LogP contribution >= 0.6 is 11.9 Å². The van der Waals surface area contributed by atoms with E-state index in [2.05, 4.69) is 49.0 Å². The maximum atomic E-state index is 10.0. The minimum absolute atomic E-state index is 0.0895. The number of hydrogen-bond donors (Lipinski definition) is 1. The Morgan fingerprint density at radius 3 is 2.67 bits per heavy atom. The molecule has 0 atom stereocenters. The molecule has 0 amide bonds. The third-order valence-corrected chi connectivity index (χ3v) is 7.03. The lowest BCUT2D eigenvalue weighted by atomic mass is 9.84. The van der Waals surface area contributed by atoms with Crippen molar-refractivity contribution < 1.29 is 5.11 Å². The van der Waals surface area contributed by atoms with Crippen molar-refractivity contribution in [3.8, 4) is 6.07 Å². The molecule has 1 aliphatic rings. The smallest absolute Gasteiger partial charge is 0.152 e. The van der Waals surface area contributed by atoms with Crippen LogP contribution in [-0.2, 0) is 6.61 Å². The van der Waals surface area contributed by atoms with E-state index in [1.54, 1.807) is 11.9 Å². The quantitative estimate of drug-likeness (QED) is 0.490. The molecular weight excluding hydrogens is 394 g/mol. The summed E-state index contributed by atoms with van der Waals surface area (Å²) in [5.41, 5.74) is 2.79. The van der Waals surface area contributed by atoms with Crippen molar-refractivity contribution in [3.05, 3.63) is 54.6 Å². The Bertz CT molecular complexity index is 1220. The van der Waals surface area contributed by atoms with Gasteiger partial charge in [-0.2, -0.15) is 5.26 Å². The Morgan fingerprint density at radius 1 is 1.13 bits per heavy atom. The standard InChI is InChI=1S/C23H23N5OS/c24-12-10-16-6-8-17(9-7-16)28-21(15-29)26-20-14-25-23-19(22(20)28)11-13-27(23)30-18-4-2-1-3-5-18/h1-5,11,13-14,16-17,29H,6-10,15H2. The van der Waals surface area contributed by atoms with Crippen LogP contribution < -0.4 is 0 Å². The predicted octanol–water partition coefficient (Wildman–Crippen LogP) is 5.08. The first-order chi connectivity index (χ1) is 14.8. The molecule has 1 N–H and O–H groups in total. The molecule has 3 heterocycles. The zero-order chi connectivity index (χ0) is 20.5. The Labute approximate surface area is 179 Å². The summed E-state index contributed by atoms with van der Waals surface area (Å²) in [4.78, 5) is 10.5. The largest absolute Gasteiger partial charge is 0.388 e. The molecule has 0 radical (unpaired) electrons. The van der Waals surface area contributed by atoms with E-state index in [1.165, 1.54) is 0 Å². The summed E-state index contributed by atoms with van der Waals surface area (Å²) < 4.78 is 4.32. The lowest BCUT2D eigenvalue weighted by Crippen LogP contribution is -2.20. The van der Waals surface area contributed by atoms with E-state index in [4.69, 9.17) is 5.26 Å². The van der Waals surface area contributed by atoms with Crippen LogP contribution in [0.1, 0.15) is 44.0 Å². The Balaban J connectivity index is 1.57. The van der Waals surface area contributed by atoms with Crippen molar-refractivity contribution in [3.63, 3.8) is 0 Å². The lowest BCUT2D eigenvalue weighted by Gasteiger charge is -2.29. The van der Waals surface area contributed by atoms with Crippen LogP contribution in [0.4, 0.5) is 0 Å². The highest BCUT2D eigenvalue weighted by Crippen LogP contribution is 2.38. The van der Waals surface area contributed by atoms with Crippen molar-refractivity contribution in [1.29, 1.82) is 5.26 Å². The molecule has 4 aromatic rings. The van der Waals surface area contributed by atoms with E-state index < -0.39 is 0 Å². The van der Waals surface area contributed by atoms with E-state index in [1.807, 2.05) is 24.4 Å². The van der Waals surface area contributed by atoms with Gasteiger partial charge in [0.25, 0.3) is 0 Å². The van der Waals surface area contributed by atoms with Crippen molar-refractivity contribution >= 4 is 34.0 Å². The van der Waals surface area contributed by atoms with Gasteiger partial charge in [-0.15, -0.1) is 0 Å². The second-order valence-corrected chi connectivity index (χ2v) is 8.92. The molecule has 7 heteroatoms. The first-order valence-corrected chi connectivity index (χ1v) is 11.1. The van der Waals surface area contributed by atoms with Crippen molar-refractivity contribution in [1.82, 2.24) is 18.5 Å². The fraction of sp³-hybridized carbons (Fsp3) is 0.348. The molecule has 0 saturated heterocycles. The first-order valence-electron chi connectivity index (χ1n) is 10.4. The van der Waals surface area contributed by atoms with Gasteiger partial charge in [0.1, 0.15) is 17.9 Å². The molecule has 3 aromatic heterocycles. The average molecular weight is 418 g/mol. The number of nitrogens with zero attached hydrogens (tertiary/aromatic N) is 5. The monoisotopic (exact) mass is 417 g/mol. The molecule has 0 bridgehead atoms. The summed E-state index contributed by atoms with van der Waals surface area (Å²) in [6.45, 7) is -0.0895. The zero-order valence-electron chi connectivity index (χ0n) is 16.6. The number of pyridine rings is 1. The number of nitriles is 1. The summed E-state index contributed by atoms with van der Waals surface area (Å²) >= 11 is 1.64. The summed E-state index contributed by atoms with van der Waals surface area (Å²) in [5, 5.41) is 20.1. The Hall–Kier alpha value is -2.82. The van der Waals surface area contributed by atoms with Crippen molar-refractivity contribution in [2.45, 2.75) is 49.6 Å². The van der Waals surface area contributed by atoms with E-state index >= 15 is 0 Å². The van der Waals surface area contributed by atoms with Crippen molar-refractivity contribution in [2.75, 3.05) is 0 Å². The minimum Gasteiger partial charge on any atom is -0.388 e. The van der Waals surface area contributed by atoms with Gasteiger partial charge in [-0.1, -0.05) is 18.2 Å². The SMILES string of the molecule is N#CCC1CCC(n2c(CO)nc3cnc4c(ccn4Sc4ccccc4)c32)CC1. The fourth-order valence-electron chi connectivity index (χ4n) is 4.61. The second kappa shape index (κ2) is 8.13. The van der Waals surface area contributed by atoms with Crippen LogP contribution in [0.25, 0.3) is 22.1 Å². The molecule has 0 unspecified atom stereocenters. The molecule has 1 saturated carbocycles. The number of imidazole rings is 1. The van der Waals surface area contributed by atoms with Crippen LogP contribution in [0, 0.1) is 17.2 Å². The molecule has 30 heavy (non-hydrogen) atoms. The molecule has 1 fully saturated rings. The van der Waals surface area contributed by atoms with E-state index in [0.717, 1.165) is 52.6 Å². The van der Waals surface area contributed by atoms with Gasteiger partial charge in [0.15, 0.2) is 5.65 Å². The highest BCUT2D eigenvalue weighted by molar-refractivity contribution is 7.98. The number of aliphatic hydroxyl groups excluding tert-OH is 1. The third-order valence-electron chi connectivity index (χ3n) is 6.05. The molecule has 0 spiro atoms. The third kappa shape index (κ3) is 3.36. The molecule has 5 rings (SSSR count). The first kappa shape index (κ1) is 19.2. The zero-order valence-corrected chi connectivity index (χ0v) is 17.4. The maximum absolute atomic E-state index is 10.0. The van der Waals surface area contributed by atoms with Gasteiger partial charge in [0.05, 0.1) is 17.8 Å². The highest BCUT2D eigenvalue weighted by Gasteiger charge is 2.27. The lowest BCUT2D eigenvalue weighted by molar-refractivity contribution is 0.239. The van der Waals surface area contributed by atoms with Gasteiger partial charge in [-0.3, -0.25) is 3.97 Å². The summed E-state index contributed by atoms with van der Waals surface area (Å²) in [7, 11) is 0. The van der Waals surface area contributed by atoms with Gasteiger partial charge < -0.3 is 9.67 Å². The number of fused-ring (bicyclic) bond motifs is 3. The van der Waals surface area contributed by atoms with Gasteiger partial charge in [-0.05, 0) is 61.7 Å². The molecule has 1 aliphatic carbocycles. The topological polar surface area (TPSA) is 79.7 Å². The van der Waals surface area contributed by atoms with Gasteiger partial charge >= 0.3 is 0 Å². The van der Waals surface area contributed by atoms with Gasteiger partial charge in [-0.25, -0.2) is 9.97 Å². The number of hydrogen-bond acceptors (Lipinski definition) is 5. The number of benzene rings is 1. The molecule has 152 valence electrons. The second-order valence-electron chi connectivity index (χ2n) is 7.87. The molecule has 6 nitrogen and oxygen atoms in total. The summed E-state index contributed by atoms with van der Waals surface area (Å²) in [6, 6.07) is 15.0. The van der Waals surface area contributed by atoms with Crippen LogP contribution in [-0.4, -0.2) is 23.6 Å². The van der Waals surface area contributed by atoms with Crippen LogP contribution in [0.3, 0.4) is 0 Å². The van der Waals surface area contributed by atoms with Gasteiger partial charge in [0.2, 0.25) is 0 Å². The van der Waals surface area contributed by atoms with Crippen molar-refractivity contribution in [2.24, 2.45) is 5.92 Å². The van der Waals surface area contributed by atoms with E-state index in [0.29, 0.717) is 24.2 Å². The Kier molecular flexibility index (Phi) is 5.19. The Morgan fingerprint density at radius 2 is 1.93 bits per heavy atom. The highest BCUT2D eigenvalue weighted by atomic mass is 32.2. The average Bonchev–Trinajstić information content (AvgIpc) is 3.36. The van der Waals surface area contributed by atoms with Crippen LogP contribution in [0.2, 0.25) is 0 Å².